The van der Waals surface area contributed by atoms with E-state index in [0.29, 0.717) is 6.42 Å². The molecular formula is C84H155NO13. The number of allylic oxidation sites excluding steroid dienone is 9. The van der Waals surface area contributed by atoms with E-state index in [9.17, 15) is 45.6 Å². The minimum absolute atomic E-state index is 0.233. The summed E-state index contributed by atoms with van der Waals surface area (Å²) in [4.78, 5) is 13.4. The third-order valence-corrected chi connectivity index (χ3v) is 20.2. The van der Waals surface area contributed by atoms with Crippen molar-refractivity contribution >= 4 is 5.91 Å². The minimum Gasteiger partial charge on any atom is -0.394 e. The Kier molecular flexibility index (Phi) is 63.5. The number of amides is 1. The van der Waals surface area contributed by atoms with Gasteiger partial charge in [0.1, 0.15) is 48.8 Å². The fourth-order valence-corrected chi connectivity index (χ4v) is 13.7. The highest BCUT2D eigenvalue weighted by atomic mass is 16.7. The second-order valence-electron chi connectivity index (χ2n) is 29.2. The van der Waals surface area contributed by atoms with Crippen LogP contribution in [0.15, 0.2) is 60.8 Å². The normalized spacial score (nSPS) is 22.3. The summed E-state index contributed by atoms with van der Waals surface area (Å²) >= 11 is 0. The Labute approximate surface area is 600 Å². The number of rotatable bonds is 70. The first kappa shape index (κ1) is 91.8. The number of carbonyl (C=O) groups excluding carboxylic acids is 1. The van der Waals surface area contributed by atoms with Crippen LogP contribution in [0.2, 0.25) is 0 Å². The molecule has 574 valence electrons. The molecule has 0 saturated carbocycles. The van der Waals surface area contributed by atoms with Crippen molar-refractivity contribution in [3.05, 3.63) is 60.8 Å². The zero-order valence-corrected chi connectivity index (χ0v) is 63.0. The Bertz CT molecular complexity index is 1880. The van der Waals surface area contributed by atoms with Crippen LogP contribution in [-0.4, -0.2) is 140 Å². The van der Waals surface area contributed by atoms with E-state index in [-0.39, 0.29) is 18.9 Å². The van der Waals surface area contributed by atoms with Gasteiger partial charge in [0.2, 0.25) is 5.91 Å². The molecular weight excluding hydrogens is 1230 g/mol. The van der Waals surface area contributed by atoms with Gasteiger partial charge >= 0.3 is 0 Å². The molecule has 12 unspecified atom stereocenters. The zero-order valence-electron chi connectivity index (χ0n) is 63.0. The number of nitrogens with one attached hydrogen (secondary N) is 1. The molecule has 0 aliphatic carbocycles. The van der Waals surface area contributed by atoms with E-state index in [1.807, 2.05) is 6.08 Å². The fraction of sp³-hybridized carbons (Fsp3) is 0.869. The average Bonchev–Trinajstić information content (AvgIpc) is 0.793. The minimum atomic E-state index is -1.79. The van der Waals surface area contributed by atoms with Gasteiger partial charge in [0, 0.05) is 6.42 Å². The summed E-state index contributed by atoms with van der Waals surface area (Å²) in [6.07, 6.45) is 76.0. The molecule has 2 fully saturated rings. The standard InChI is InChI=1S/C84H155NO13/c1-3-5-7-9-11-13-15-17-19-21-23-25-27-29-31-33-35-36-38-40-42-44-46-48-50-52-54-56-58-60-62-64-66-68-76(89)85-72(71-95-83-81(94)79(92)82(75(70-87)97-83)98-84-80(93)78(91)77(90)74(69-86)96-84)73(88)67-65-63-61-59-57-55-53-51-49-47-45-43-41-39-37-34-32-30-28-26-24-22-20-18-16-14-12-10-8-6-4-2/h5,7,11,13,17,19,23,25,65,67,72-75,77-84,86-88,90-94H,3-4,6,8-10,12,14-16,18,20-22,24,26-64,66,68-71H2,1-2H3,(H,85,89)/b7-5-,13-11-,19-17-,25-23-,67-65+. The lowest BCUT2D eigenvalue weighted by atomic mass is 9.97. The van der Waals surface area contributed by atoms with Crippen LogP contribution in [0, 0.1) is 0 Å². The smallest absolute Gasteiger partial charge is 0.220 e. The van der Waals surface area contributed by atoms with Crippen LogP contribution in [-0.2, 0) is 23.7 Å². The Morgan fingerprint density at radius 2 is 0.704 bits per heavy atom. The van der Waals surface area contributed by atoms with Crippen molar-refractivity contribution in [2.24, 2.45) is 0 Å². The maximum absolute atomic E-state index is 13.4. The number of aliphatic hydroxyl groups excluding tert-OH is 8. The maximum Gasteiger partial charge on any atom is 0.220 e. The van der Waals surface area contributed by atoms with Crippen LogP contribution in [0.5, 0.6) is 0 Å². The second-order valence-corrected chi connectivity index (χ2v) is 29.2. The highest BCUT2D eigenvalue weighted by Gasteiger charge is 2.51. The molecule has 0 bridgehead atoms. The third kappa shape index (κ3) is 50.2. The maximum atomic E-state index is 13.4. The highest BCUT2D eigenvalue weighted by Crippen LogP contribution is 2.30. The monoisotopic (exact) mass is 1390 g/mol. The summed E-state index contributed by atoms with van der Waals surface area (Å²) in [6.45, 7) is 2.75. The van der Waals surface area contributed by atoms with Gasteiger partial charge in [0.05, 0.1) is 32.0 Å². The number of ether oxygens (including phenoxy) is 4. The summed E-state index contributed by atoms with van der Waals surface area (Å²) in [5, 5.41) is 87.8. The summed E-state index contributed by atoms with van der Waals surface area (Å²) in [5.41, 5.74) is 0. The lowest BCUT2D eigenvalue weighted by molar-refractivity contribution is -0.359. The molecule has 14 nitrogen and oxygen atoms in total. The first-order valence-corrected chi connectivity index (χ1v) is 41.5. The lowest BCUT2D eigenvalue weighted by Crippen LogP contribution is -2.65. The topological polar surface area (TPSA) is 228 Å². The molecule has 9 N–H and O–H groups in total. The van der Waals surface area contributed by atoms with Gasteiger partial charge in [-0.2, -0.15) is 0 Å². The van der Waals surface area contributed by atoms with Crippen LogP contribution in [0.3, 0.4) is 0 Å². The largest absolute Gasteiger partial charge is 0.394 e. The molecule has 2 rings (SSSR count). The van der Waals surface area contributed by atoms with Gasteiger partial charge in [-0.25, -0.2) is 0 Å². The van der Waals surface area contributed by atoms with Crippen molar-refractivity contribution in [2.75, 3.05) is 19.8 Å². The van der Waals surface area contributed by atoms with Crippen LogP contribution >= 0.6 is 0 Å². The molecule has 2 saturated heterocycles. The quantitative estimate of drug-likeness (QED) is 0.0204. The molecule has 98 heavy (non-hydrogen) atoms. The molecule has 0 aromatic carbocycles. The van der Waals surface area contributed by atoms with Gasteiger partial charge in [0.25, 0.3) is 0 Å². The predicted octanol–water partition coefficient (Wildman–Crippen LogP) is 19.1. The second kappa shape index (κ2) is 67.8. The SMILES string of the molecule is CC/C=C\C/C=C\C/C=C\C/C=C\CCCCCCCCCCCCCCCCCCCCCCC(=O)NC(COC1OC(CO)C(OC2OC(CO)C(O)C(O)C2O)C(O)C1O)C(O)/C=C/CCCCCCCCCCCCCCCCCCCCCCCCCCCCCCC. The first-order chi connectivity index (χ1) is 48.1. The van der Waals surface area contributed by atoms with Crippen molar-refractivity contribution in [3.63, 3.8) is 0 Å². The van der Waals surface area contributed by atoms with Crippen molar-refractivity contribution < 1.29 is 64.6 Å². The van der Waals surface area contributed by atoms with Gasteiger partial charge in [0.15, 0.2) is 12.6 Å². The van der Waals surface area contributed by atoms with E-state index in [1.165, 1.54) is 283 Å². The molecule has 0 aromatic rings. The van der Waals surface area contributed by atoms with E-state index in [4.69, 9.17) is 18.9 Å². The predicted molar refractivity (Wildman–Crippen MR) is 406 cm³/mol. The van der Waals surface area contributed by atoms with Crippen LogP contribution in [0.1, 0.15) is 373 Å². The summed E-state index contributed by atoms with van der Waals surface area (Å²) in [6, 6.07) is -0.917. The molecule has 2 aliphatic rings. The van der Waals surface area contributed by atoms with Gasteiger partial charge in [-0.3, -0.25) is 4.79 Å². The molecule has 12 atom stereocenters. The van der Waals surface area contributed by atoms with E-state index in [1.54, 1.807) is 6.08 Å². The summed E-state index contributed by atoms with van der Waals surface area (Å²) in [5.74, 6) is -0.233. The van der Waals surface area contributed by atoms with Gasteiger partial charge in [-0.1, -0.05) is 370 Å². The van der Waals surface area contributed by atoms with Crippen LogP contribution in [0.4, 0.5) is 0 Å². The summed E-state index contributed by atoms with van der Waals surface area (Å²) < 4.78 is 22.9. The Morgan fingerprint density at radius 1 is 0.378 bits per heavy atom. The number of unbranched alkanes of at least 4 members (excludes halogenated alkanes) is 49. The molecule has 0 radical (unpaired) electrons. The lowest BCUT2D eigenvalue weighted by Gasteiger charge is -2.46. The number of hydrogen-bond acceptors (Lipinski definition) is 13. The van der Waals surface area contributed by atoms with Crippen molar-refractivity contribution in [1.82, 2.24) is 5.32 Å². The molecule has 0 aromatic heterocycles. The molecule has 2 heterocycles. The van der Waals surface area contributed by atoms with E-state index < -0.39 is 86.8 Å². The van der Waals surface area contributed by atoms with Crippen molar-refractivity contribution in [1.29, 1.82) is 0 Å². The zero-order chi connectivity index (χ0) is 70.8. The first-order valence-electron chi connectivity index (χ1n) is 41.5. The Balaban J connectivity index is 1.60. The third-order valence-electron chi connectivity index (χ3n) is 20.2. The Morgan fingerprint density at radius 3 is 1.08 bits per heavy atom. The number of hydrogen-bond donors (Lipinski definition) is 9. The Hall–Kier alpha value is -2.31. The molecule has 2 aliphatic heterocycles. The van der Waals surface area contributed by atoms with E-state index in [0.717, 1.165) is 64.2 Å². The van der Waals surface area contributed by atoms with Gasteiger partial charge < -0.3 is 65.1 Å². The molecule has 14 heteroatoms. The summed E-state index contributed by atoms with van der Waals surface area (Å²) in [7, 11) is 0. The molecule has 0 spiro atoms. The van der Waals surface area contributed by atoms with E-state index >= 15 is 0 Å². The van der Waals surface area contributed by atoms with Gasteiger partial charge in [-0.05, 0) is 57.8 Å². The van der Waals surface area contributed by atoms with Crippen molar-refractivity contribution in [3.8, 4) is 0 Å². The highest BCUT2D eigenvalue weighted by molar-refractivity contribution is 5.76. The average molecular weight is 1390 g/mol. The van der Waals surface area contributed by atoms with Crippen LogP contribution in [0.25, 0.3) is 0 Å². The van der Waals surface area contributed by atoms with E-state index in [2.05, 4.69) is 67.8 Å². The molecule has 1 amide bonds. The fourth-order valence-electron chi connectivity index (χ4n) is 13.7. The number of aliphatic hydroxyl groups is 8. The van der Waals surface area contributed by atoms with Crippen molar-refractivity contribution in [2.45, 2.75) is 447 Å². The number of carbonyl (C=O) groups is 1. The van der Waals surface area contributed by atoms with Gasteiger partial charge in [-0.15, -0.1) is 0 Å². The van der Waals surface area contributed by atoms with Crippen LogP contribution < -0.4 is 5.32 Å².